The van der Waals surface area contributed by atoms with Gasteiger partial charge in [-0.15, -0.1) is 11.3 Å². The van der Waals surface area contributed by atoms with Crippen molar-refractivity contribution in [3.63, 3.8) is 0 Å². The first-order chi connectivity index (χ1) is 18.6. The van der Waals surface area contributed by atoms with Crippen LogP contribution in [0.25, 0.3) is 0 Å². The molecule has 1 unspecified atom stereocenters. The van der Waals surface area contributed by atoms with E-state index in [4.69, 9.17) is 16.3 Å². The topological polar surface area (TPSA) is 128 Å². The highest BCUT2D eigenvalue weighted by Gasteiger charge is 2.49. The summed E-state index contributed by atoms with van der Waals surface area (Å²) in [6.45, 7) is 0.423. The van der Waals surface area contributed by atoms with Crippen LogP contribution >= 0.6 is 22.9 Å². The maximum absolute atomic E-state index is 13.9. The minimum absolute atomic E-state index is 0.111. The van der Waals surface area contributed by atoms with E-state index in [9.17, 15) is 24.3 Å². The number of anilines is 2. The van der Waals surface area contributed by atoms with Gasteiger partial charge in [0, 0.05) is 37.0 Å². The van der Waals surface area contributed by atoms with Crippen molar-refractivity contribution in [2.24, 2.45) is 0 Å². The number of nitrogens with zero attached hydrogens (tertiary/aromatic N) is 2. The number of hydrogen-bond donors (Lipinski definition) is 3. The maximum Gasteiger partial charge on any atom is 0.412 e. The number of thiophene rings is 1. The van der Waals surface area contributed by atoms with Crippen molar-refractivity contribution in [1.82, 2.24) is 10.2 Å². The molecular formula is C27H25ClN4O6S. The van der Waals surface area contributed by atoms with E-state index in [0.29, 0.717) is 34.2 Å². The number of hydrogen-bond acceptors (Lipinski definition) is 6. The summed E-state index contributed by atoms with van der Waals surface area (Å²) < 4.78 is 5.75. The second kappa shape index (κ2) is 10.6. The highest BCUT2D eigenvalue weighted by molar-refractivity contribution is 7.18. The van der Waals surface area contributed by atoms with Crippen molar-refractivity contribution in [2.75, 3.05) is 30.4 Å². The number of benzene rings is 2. The maximum atomic E-state index is 13.9. The molecule has 4 amide bonds. The summed E-state index contributed by atoms with van der Waals surface area (Å²) >= 11 is 7.25. The lowest BCUT2D eigenvalue weighted by atomic mass is 9.90. The quantitative estimate of drug-likeness (QED) is 0.400. The predicted molar refractivity (Wildman–Crippen MR) is 147 cm³/mol. The first-order valence-electron chi connectivity index (χ1n) is 12.2. The average molecular weight is 569 g/mol. The standard InChI is InChI=1S/C27H25ClN4O6S/c1-31(26(36)37)22-10-9-21(39-22)23(33)29-20(13-16-5-3-2-4-6-16)24(34)32-12-11-27(15-32)18-14-17(28)7-8-19(18)30-25(35)38-27/h2-10,14,20H,11-13,15H2,1H3,(H,29,33)(H,30,35)(H,36,37)/t20-,27?/m0/s1. The molecule has 2 aromatic carbocycles. The largest absolute Gasteiger partial charge is 0.465 e. The van der Waals surface area contributed by atoms with E-state index in [2.05, 4.69) is 10.6 Å². The number of carboxylic acid groups (broad SMARTS) is 1. The molecule has 2 aliphatic heterocycles. The Labute approximate surface area is 233 Å². The summed E-state index contributed by atoms with van der Waals surface area (Å²) in [5, 5.41) is 15.6. The molecule has 202 valence electrons. The number of halogens is 1. The van der Waals surface area contributed by atoms with Crippen LogP contribution in [0.3, 0.4) is 0 Å². The molecule has 3 heterocycles. The van der Waals surface area contributed by atoms with E-state index in [-0.39, 0.29) is 23.7 Å². The Kier molecular flexibility index (Phi) is 7.19. The van der Waals surface area contributed by atoms with E-state index in [0.717, 1.165) is 21.8 Å². The van der Waals surface area contributed by atoms with Crippen LogP contribution in [0.1, 0.15) is 27.2 Å². The average Bonchev–Trinajstić information content (AvgIpc) is 3.57. The molecule has 2 aliphatic rings. The lowest BCUT2D eigenvalue weighted by Crippen LogP contribution is -2.50. The van der Waals surface area contributed by atoms with Crippen LogP contribution in [0.4, 0.5) is 20.3 Å². The van der Waals surface area contributed by atoms with Crippen molar-refractivity contribution in [3.8, 4) is 0 Å². The fraction of sp³-hybridized carbons (Fsp3) is 0.259. The van der Waals surface area contributed by atoms with Gasteiger partial charge in [0.1, 0.15) is 11.0 Å². The summed E-state index contributed by atoms with van der Waals surface area (Å²) in [7, 11) is 1.39. The molecule has 1 fully saturated rings. The van der Waals surface area contributed by atoms with Crippen molar-refractivity contribution in [1.29, 1.82) is 0 Å². The molecule has 3 aromatic rings. The van der Waals surface area contributed by atoms with Crippen molar-refractivity contribution in [3.05, 3.63) is 81.7 Å². The van der Waals surface area contributed by atoms with Gasteiger partial charge in [0.15, 0.2) is 5.60 Å². The molecule has 0 aliphatic carbocycles. The zero-order valence-electron chi connectivity index (χ0n) is 20.8. The van der Waals surface area contributed by atoms with E-state index < -0.39 is 29.7 Å². The van der Waals surface area contributed by atoms with E-state index in [1.54, 1.807) is 29.2 Å². The monoisotopic (exact) mass is 568 g/mol. The van der Waals surface area contributed by atoms with Gasteiger partial charge in [-0.2, -0.15) is 0 Å². The van der Waals surface area contributed by atoms with Crippen LogP contribution in [-0.4, -0.2) is 60.2 Å². The number of nitrogens with one attached hydrogen (secondary N) is 2. The molecule has 0 saturated carbocycles. The molecule has 2 atom stereocenters. The minimum atomic E-state index is -1.15. The van der Waals surface area contributed by atoms with Crippen LogP contribution < -0.4 is 15.5 Å². The Bertz CT molecular complexity index is 1450. The molecule has 0 bridgehead atoms. The second-order valence-electron chi connectivity index (χ2n) is 9.40. The Morgan fingerprint density at radius 2 is 1.97 bits per heavy atom. The van der Waals surface area contributed by atoms with Crippen LogP contribution in [0.5, 0.6) is 0 Å². The van der Waals surface area contributed by atoms with Crippen LogP contribution in [-0.2, 0) is 21.6 Å². The third-order valence-electron chi connectivity index (χ3n) is 6.86. The Hall–Kier alpha value is -4.09. The van der Waals surface area contributed by atoms with E-state index in [1.807, 2.05) is 30.3 Å². The SMILES string of the molecule is CN(C(=O)O)c1ccc(C(=O)N[C@@H](Cc2ccccc2)C(=O)N2CCC3(C2)OC(=O)Nc2ccc(Cl)cc23)s1. The summed E-state index contributed by atoms with van der Waals surface area (Å²) in [5.41, 5.74) is 1.08. The third kappa shape index (κ3) is 5.41. The molecule has 3 N–H and O–H groups in total. The third-order valence-corrected chi connectivity index (χ3v) is 8.26. The molecule has 10 nitrogen and oxygen atoms in total. The normalized spacial score (nSPS) is 18.6. The van der Waals surface area contributed by atoms with Crippen LogP contribution in [0, 0.1) is 0 Å². The van der Waals surface area contributed by atoms with Crippen LogP contribution in [0.2, 0.25) is 5.02 Å². The number of fused-ring (bicyclic) bond motifs is 2. The van der Waals surface area contributed by atoms with Gasteiger partial charge >= 0.3 is 12.2 Å². The molecule has 1 saturated heterocycles. The van der Waals surface area contributed by atoms with Gasteiger partial charge < -0.3 is 20.1 Å². The summed E-state index contributed by atoms with van der Waals surface area (Å²) in [6, 6.07) is 16.6. The first kappa shape index (κ1) is 26.5. The number of ether oxygens (including phenoxy) is 1. The highest BCUT2D eigenvalue weighted by Crippen LogP contribution is 2.44. The second-order valence-corrected chi connectivity index (χ2v) is 10.9. The smallest absolute Gasteiger partial charge is 0.412 e. The molecule has 1 aromatic heterocycles. The molecular weight excluding hydrogens is 544 g/mol. The highest BCUT2D eigenvalue weighted by atomic mass is 35.5. The van der Waals surface area contributed by atoms with Crippen molar-refractivity contribution in [2.45, 2.75) is 24.5 Å². The summed E-state index contributed by atoms with van der Waals surface area (Å²) in [5.74, 6) is -0.805. The lowest BCUT2D eigenvalue weighted by molar-refractivity contribution is -0.133. The zero-order chi connectivity index (χ0) is 27.7. The van der Waals surface area contributed by atoms with Crippen molar-refractivity contribution >= 4 is 57.6 Å². The van der Waals surface area contributed by atoms with Gasteiger partial charge in [0.25, 0.3) is 5.91 Å². The molecule has 0 radical (unpaired) electrons. The number of amides is 4. The van der Waals surface area contributed by atoms with Gasteiger partial charge in [-0.1, -0.05) is 41.9 Å². The van der Waals surface area contributed by atoms with E-state index >= 15 is 0 Å². The zero-order valence-corrected chi connectivity index (χ0v) is 22.4. The minimum Gasteiger partial charge on any atom is -0.465 e. The lowest BCUT2D eigenvalue weighted by Gasteiger charge is -2.35. The molecule has 39 heavy (non-hydrogen) atoms. The van der Waals surface area contributed by atoms with Crippen LogP contribution in [0.15, 0.2) is 60.7 Å². The fourth-order valence-corrected chi connectivity index (χ4v) is 5.90. The van der Waals surface area contributed by atoms with Gasteiger partial charge in [0.2, 0.25) is 5.91 Å². The Balaban J connectivity index is 1.39. The number of rotatable bonds is 6. The number of likely N-dealkylation sites (tertiary alicyclic amines) is 1. The Morgan fingerprint density at radius 3 is 2.72 bits per heavy atom. The summed E-state index contributed by atoms with van der Waals surface area (Å²) in [4.78, 5) is 53.5. The van der Waals surface area contributed by atoms with Gasteiger partial charge in [-0.05, 0) is 35.9 Å². The summed E-state index contributed by atoms with van der Waals surface area (Å²) in [6.07, 6.45) is -1.13. The Morgan fingerprint density at radius 1 is 1.21 bits per heavy atom. The predicted octanol–water partition coefficient (Wildman–Crippen LogP) is 4.55. The van der Waals surface area contributed by atoms with E-state index in [1.165, 1.54) is 13.1 Å². The molecule has 1 spiro atoms. The number of carbonyl (C=O) groups excluding carboxylic acids is 3. The molecule has 5 rings (SSSR count). The van der Waals surface area contributed by atoms with Gasteiger partial charge in [-0.25, -0.2) is 9.59 Å². The molecule has 12 heteroatoms. The van der Waals surface area contributed by atoms with Crippen molar-refractivity contribution < 1.29 is 29.0 Å². The first-order valence-corrected chi connectivity index (χ1v) is 13.3. The van der Waals surface area contributed by atoms with Gasteiger partial charge in [0.05, 0.1) is 17.1 Å². The fourth-order valence-electron chi connectivity index (χ4n) is 4.87. The number of carbonyl (C=O) groups is 4. The van der Waals surface area contributed by atoms with Gasteiger partial charge in [-0.3, -0.25) is 19.8 Å².